The summed E-state index contributed by atoms with van der Waals surface area (Å²) in [6.45, 7) is 2.50. The summed E-state index contributed by atoms with van der Waals surface area (Å²) in [7, 11) is 0. The molecule has 1 heterocycles. The maximum Gasteiger partial charge on any atom is 0.419 e. The van der Waals surface area contributed by atoms with Crippen molar-refractivity contribution < 1.29 is 22.4 Å². The SMILES string of the molecule is Cc1cc(NCCN)nc(NC(=O)Nc2ccc(F)c(C(F)(F)F)c2)n1. The first kappa shape index (κ1) is 19.4. The highest BCUT2D eigenvalue weighted by Crippen LogP contribution is 2.33. The van der Waals surface area contributed by atoms with Gasteiger partial charge in [0.05, 0.1) is 5.56 Å². The first-order valence-corrected chi connectivity index (χ1v) is 7.43. The monoisotopic (exact) mass is 372 g/mol. The maximum atomic E-state index is 13.3. The molecule has 140 valence electrons. The molecule has 1 aromatic heterocycles. The highest BCUT2D eigenvalue weighted by Gasteiger charge is 2.34. The van der Waals surface area contributed by atoms with E-state index in [1.807, 2.05) is 0 Å². The summed E-state index contributed by atoms with van der Waals surface area (Å²) in [5.41, 5.74) is 4.22. The molecule has 2 aromatic rings. The van der Waals surface area contributed by atoms with Crippen molar-refractivity contribution >= 4 is 23.5 Å². The zero-order valence-electron chi connectivity index (χ0n) is 13.6. The third kappa shape index (κ3) is 5.28. The number of hydrogen-bond donors (Lipinski definition) is 4. The fraction of sp³-hybridized carbons (Fsp3) is 0.267. The molecule has 26 heavy (non-hydrogen) atoms. The number of carbonyl (C=O) groups is 1. The Hall–Kier alpha value is -2.95. The quantitative estimate of drug-likeness (QED) is 0.604. The summed E-state index contributed by atoms with van der Waals surface area (Å²) < 4.78 is 51.4. The van der Waals surface area contributed by atoms with E-state index in [4.69, 9.17) is 5.73 Å². The summed E-state index contributed by atoms with van der Waals surface area (Å²) in [6, 6.07) is 2.89. The van der Waals surface area contributed by atoms with E-state index >= 15 is 0 Å². The van der Waals surface area contributed by atoms with Crippen LogP contribution < -0.4 is 21.7 Å². The van der Waals surface area contributed by atoms with Crippen LogP contribution in [0.2, 0.25) is 0 Å². The van der Waals surface area contributed by atoms with Crippen LogP contribution >= 0.6 is 0 Å². The van der Waals surface area contributed by atoms with Crippen molar-refractivity contribution in [2.45, 2.75) is 13.1 Å². The van der Waals surface area contributed by atoms with E-state index < -0.39 is 23.6 Å². The molecule has 11 heteroatoms. The Bertz CT molecular complexity index is 796. The van der Waals surface area contributed by atoms with E-state index in [9.17, 15) is 22.4 Å². The lowest BCUT2D eigenvalue weighted by molar-refractivity contribution is -0.139. The van der Waals surface area contributed by atoms with Gasteiger partial charge in [-0.25, -0.2) is 14.2 Å². The number of halogens is 4. The normalized spacial score (nSPS) is 11.2. The van der Waals surface area contributed by atoms with Gasteiger partial charge in [0.15, 0.2) is 0 Å². The Kier molecular flexibility index (Phi) is 5.93. The molecule has 0 atom stereocenters. The van der Waals surface area contributed by atoms with Crippen LogP contribution in [0.5, 0.6) is 0 Å². The molecule has 0 aliphatic carbocycles. The summed E-state index contributed by atoms with van der Waals surface area (Å²) in [5.74, 6) is -1.05. The van der Waals surface area contributed by atoms with Crippen LogP contribution in [-0.4, -0.2) is 29.1 Å². The second kappa shape index (κ2) is 7.95. The number of aryl methyl sites for hydroxylation is 1. The van der Waals surface area contributed by atoms with E-state index in [2.05, 4.69) is 25.9 Å². The molecule has 5 N–H and O–H groups in total. The number of hydrogen-bond acceptors (Lipinski definition) is 5. The number of nitrogens with two attached hydrogens (primary N) is 1. The molecule has 7 nitrogen and oxygen atoms in total. The molecule has 0 spiro atoms. The van der Waals surface area contributed by atoms with Gasteiger partial charge in [-0.2, -0.15) is 18.2 Å². The predicted molar refractivity (Wildman–Crippen MR) is 88.4 cm³/mol. The fourth-order valence-electron chi connectivity index (χ4n) is 2.00. The highest BCUT2D eigenvalue weighted by atomic mass is 19.4. The molecule has 0 saturated heterocycles. The minimum absolute atomic E-state index is 0.0554. The molecule has 0 aliphatic heterocycles. The van der Waals surface area contributed by atoms with Gasteiger partial charge >= 0.3 is 12.2 Å². The molecule has 0 saturated carbocycles. The van der Waals surface area contributed by atoms with Crippen molar-refractivity contribution in [2.75, 3.05) is 29.0 Å². The third-order valence-electron chi connectivity index (χ3n) is 3.06. The Morgan fingerprint density at radius 1 is 1.19 bits per heavy atom. The van der Waals surface area contributed by atoms with Gasteiger partial charge in [0, 0.05) is 30.5 Å². The fourth-order valence-corrected chi connectivity index (χ4v) is 2.00. The lowest BCUT2D eigenvalue weighted by atomic mass is 10.2. The van der Waals surface area contributed by atoms with Gasteiger partial charge < -0.3 is 16.4 Å². The lowest BCUT2D eigenvalue weighted by Crippen LogP contribution is -2.22. The number of urea groups is 1. The van der Waals surface area contributed by atoms with Crippen LogP contribution in [0.4, 0.5) is 39.8 Å². The lowest BCUT2D eigenvalue weighted by Gasteiger charge is -2.12. The van der Waals surface area contributed by atoms with Crippen molar-refractivity contribution in [3.8, 4) is 0 Å². The van der Waals surface area contributed by atoms with Crippen LogP contribution in [0.1, 0.15) is 11.3 Å². The number of nitrogens with zero attached hydrogens (tertiary/aromatic N) is 2. The number of amides is 2. The van der Waals surface area contributed by atoms with Crippen molar-refractivity contribution in [2.24, 2.45) is 5.73 Å². The number of rotatable bonds is 5. The van der Waals surface area contributed by atoms with Crippen LogP contribution in [0.3, 0.4) is 0 Å². The van der Waals surface area contributed by atoms with Crippen LogP contribution in [-0.2, 0) is 6.18 Å². The Labute approximate surface area is 146 Å². The number of aromatic nitrogens is 2. The Morgan fingerprint density at radius 3 is 2.58 bits per heavy atom. The van der Waals surface area contributed by atoms with Gasteiger partial charge in [0.2, 0.25) is 5.95 Å². The standard InChI is InChI=1S/C15H16F4N6O/c1-8-6-12(21-5-4-20)24-13(22-8)25-14(26)23-9-2-3-11(16)10(7-9)15(17,18)19/h2-3,6-7H,4-5,20H2,1H3,(H3,21,22,23,24,25,26). The molecule has 0 bridgehead atoms. The van der Waals surface area contributed by atoms with Crippen molar-refractivity contribution in [3.05, 3.63) is 41.3 Å². The zero-order valence-corrected chi connectivity index (χ0v) is 13.6. The summed E-state index contributed by atoms with van der Waals surface area (Å²) in [5, 5.41) is 7.39. The van der Waals surface area contributed by atoms with E-state index in [0.29, 0.717) is 36.7 Å². The largest absolute Gasteiger partial charge is 0.419 e. The maximum absolute atomic E-state index is 13.3. The molecule has 0 aliphatic rings. The zero-order chi connectivity index (χ0) is 19.3. The second-order valence-electron chi connectivity index (χ2n) is 5.21. The summed E-state index contributed by atoms with van der Waals surface area (Å²) >= 11 is 0. The number of alkyl halides is 3. The number of benzene rings is 1. The first-order valence-electron chi connectivity index (χ1n) is 7.43. The van der Waals surface area contributed by atoms with Crippen LogP contribution in [0, 0.1) is 12.7 Å². The van der Waals surface area contributed by atoms with Gasteiger partial charge in [-0.05, 0) is 25.1 Å². The van der Waals surface area contributed by atoms with Gasteiger partial charge in [0.25, 0.3) is 0 Å². The molecule has 0 fully saturated rings. The van der Waals surface area contributed by atoms with Crippen molar-refractivity contribution in [3.63, 3.8) is 0 Å². The predicted octanol–water partition coefficient (Wildman–Crippen LogP) is 2.96. The smallest absolute Gasteiger partial charge is 0.369 e. The Morgan fingerprint density at radius 2 is 1.92 bits per heavy atom. The molecule has 2 amide bonds. The molecule has 0 radical (unpaired) electrons. The van der Waals surface area contributed by atoms with E-state index in [1.54, 1.807) is 13.0 Å². The average Bonchev–Trinajstić information content (AvgIpc) is 2.53. The van der Waals surface area contributed by atoms with E-state index in [1.165, 1.54) is 0 Å². The van der Waals surface area contributed by atoms with Gasteiger partial charge in [-0.15, -0.1) is 0 Å². The minimum atomic E-state index is -4.87. The number of carbonyl (C=O) groups excluding carboxylic acids is 1. The third-order valence-corrected chi connectivity index (χ3v) is 3.06. The molecule has 2 rings (SSSR count). The number of nitrogens with one attached hydrogen (secondary N) is 3. The second-order valence-corrected chi connectivity index (χ2v) is 5.21. The summed E-state index contributed by atoms with van der Waals surface area (Å²) in [4.78, 5) is 20.0. The number of anilines is 3. The van der Waals surface area contributed by atoms with Crippen LogP contribution in [0.15, 0.2) is 24.3 Å². The topological polar surface area (TPSA) is 105 Å². The molecule has 1 aromatic carbocycles. The minimum Gasteiger partial charge on any atom is -0.369 e. The van der Waals surface area contributed by atoms with Gasteiger partial charge in [-0.1, -0.05) is 0 Å². The molecular weight excluding hydrogens is 356 g/mol. The van der Waals surface area contributed by atoms with Gasteiger partial charge in [0.1, 0.15) is 11.6 Å². The molecular formula is C15H16F4N6O. The summed E-state index contributed by atoms with van der Waals surface area (Å²) in [6.07, 6.45) is -4.87. The van der Waals surface area contributed by atoms with Crippen molar-refractivity contribution in [1.82, 2.24) is 9.97 Å². The van der Waals surface area contributed by atoms with E-state index in [0.717, 1.165) is 6.07 Å². The molecule has 0 unspecified atom stereocenters. The van der Waals surface area contributed by atoms with Crippen molar-refractivity contribution in [1.29, 1.82) is 0 Å². The van der Waals surface area contributed by atoms with E-state index in [-0.39, 0.29) is 11.6 Å². The average molecular weight is 372 g/mol. The van der Waals surface area contributed by atoms with Crippen LogP contribution in [0.25, 0.3) is 0 Å². The Balaban J connectivity index is 2.11. The first-order chi connectivity index (χ1) is 12.2. The van der Waals surface area contributed by atoms with Gasteiger partial charge in [-0.3, -0.25) is 5.32 Å². The highest BCUT2D eigenvalue weighted by molar-refractivity contribution is 5.98.